The Labute approximate surface area is 205 Å². The lowest BCUT2D eigenvalue weighted by atomic mass is 9.89. The molecule has 1 aliphatic heterocycles. The summed E-state index contributed by atoms with van der Waals surface area (Å²) in [5.41, 5.74) is 2.37. The number of methoxy groups -OCH3 is 1. The fourth-order valence-corrected chi connectivity index (χ4v) is 4.79. The average Bonchev–Trinajstić information content (AvgIpc) is 3.22. The molecular weight excluding hydrogens is 451 g/mol. The minimum Gasteiger partial charge on any atom is -0.497 e. The summed E-state index contributed by atoms with van der Waals surface area (Å²) in [5, 5.41) is 10.4. The van der Waals surface area contributed by atoms with Crippen molar-refractivity contribution in [2.24, 2.45) is 0 Å². The molecule has 2 heterocycles. The van der Waals surface area contributed by atoms with Crippen LogP contribution in [0.1, 0.15) is 41.6 Å². The van der Waals surface area contributed by atoms with Gasteiger partial charge in [0.05, 0.1) is 13.7 Å². The molecule has 1 N–H and O–H groups in total. The van der Waals surface area contributed by atoms with Gasteiger partial charge in [0.25, 0.3) is 0 Å². The third kappa shape index (κ3) is 5.94. The molecule has 1 fully saturated rings. The van der Waals surface area contributed by atoms with Crippen LogP contribution in [0, 0.1) is 5.82 Å². The van der Waals surface area contributed by atoms with E-state index in [1.54, 1.807) is 18.2 Å². The number of halogens is 1. The van der Waals surface area contributed by atoms with E-state index in [2.05, 4.69) is 15.7 Å². The molecule has 3 aromatic rings. The van der Waals surface area contributed by atoms with Gasteiger partial charge >= 0.3 is 5.97 Å². The molecule has 0 radical (unpaired) electrons. The van der Waals surface area contributed by atoms with Gasteiger partial charge in [-0.3, -0.25) is 4.90 Å². The fourth-order valence-electron chi connectivity index (χ4n) is 4.79. The van der Waals surface area contributed by atoms with E-state index in [0.29, 0.717) is 43.8 Å². The number of likely N-dealkylation sites (tertiary alicyclic amines) is 1. The Bertz CT molecular complexity index is 1150. The monoisotopic (exact) mass is 484 g/mol. The number of aromatic nitrogens is 1. The molecular formula is C27H33FN2O5. The molecule has 188 valence electrons. The Morgan fingerprint density at radius 1 is 1.11 bits per heavy atom. The second kappa shape index (κ2) is 11.6. The van der Waals surface area contributed by atoms with Gasteiger partial charge in [-0.2, -0.15) is 0 Å². The Balaban J connectivity index is 1.36. The Kier molecular flexibility index (Phi) is 8.25. The van der Waals surface area contributed by atoms with Crippen LogP contribution in [0.15, 0.2) is 42.6 Å². The van der Waals surface area contributed by atoms with E-state index in [9.17, 15) is 14.3 Å². The largest absolute Gasteiger partial charge is 0.497 e. The molecule has 1 saturated heterocycles. The van der Waals surface area contributed by atoms with E-state index in [1.165, 1.54) is 24.8 Å². The quantitative estimate of drug-likeness (QED) is 0.395. The van der Waals surface area contributed by atoms with Gasteiger partial charge in [0.2, 0.25) is 0 Å². The van der Waals surface area contributed by atoms with Crippen LogP contribution in [0.3, 0.4) is 0 Å². The smallest absolute Gasteiger partial charge is 0.339 e. The molecule has 1 aromatic heterocycles. The highest BCUT2D eigenvalue weighted by Crippen LogP contribution is 2.35. The van der Waals surface area contributed by atoms with E-state index in [4.69, 9.17) is 14.2 Å². The van der Waals surface area contributed by atoms with Crippen molar-refractivity contribution in [1.29, 1.82) is 0 Å². The van der Waals surface area contributed by atoms with Crippen LogP contribution in [0.5, 0.6) is 11.5 Å². The van der Waals surface area contributed by atoms with Gasteiger partial charge in [0, 0.05) is 42.9 Å². The third-order valence-electron chi connectivity index (χ3n) is 6.67. The van der Waals surface area contributed by atoms with Gasteiger partial charge in [-0.25, -0.2) is 9.18 Å². The zero-order chi connectivity index (χ0) is 24.8. The summed E-state index contributed by atoms with van der Waals surface area (Å²) in [6.07, 6.45) is 4.12. The summed E-state index contributed by atoms with van der Waals surface area (Å²) >= 11 is 0. The predicted octanol–water partition coefficient (Wildman–Crippen LogP) is 4.78. The first kappa shape index (κ1) is 25.0. The number of benzene rings is 2. The van der Waals surface area contributed by atoms with Gasteiger partial charge in [-0.15, -0.1) is 0 Å². The minimum absolute atomic E-state index is 0.123. The van der Waals surface area contributed by atoms with Gasteiger partial charge < -0.3 is 23.9 Å². The number of ether oxygens (including phenoxy) is 3. The van der Waals surface area contributed by atoms with Gasteiger partial charge in [-0.1, -0.05) is 0 Å². The van der Waals surface area contributed by atoms with Crippen molar-refractivity contribution in [3.05, 3.63) is 59.5 Å². The van der Waals surface area contributed by atoms with E-state index >= 15 is 0 Å². The molecule has 2 aromatic carbocycles. The van der Waals surface area contributed by atoms with Gasteiger partial charge in [-0.05, 0) is 74.7 Å². The molecule has 0 aliphatic carbocycles. The van der Waals surface area contributed by atoms with Crippen molar-refractivity contribution in [3.63, 3.8) is 0 Å². The Morgan fingerprint density at radius 3 is 2.63 bits per heavy atom. The highest BCUT2D eigenvalue weighted by molar-refractivity contribution is 5.91. The molecule has 0 saturated carbocycles. The van der Waals surface area contributed by atoms with Gasteiger partial charge in [0.1, 0.15) is 29.5 Å². The topological polar surface area (TPSA) is 73.2 Å². The first-order chi connectivity index (χ1) is 17.0. The van der Waals surface area contributed by atoms with Crippen molar-refractivity contribution in [2.45, 2.75) is 32.2 Å². The number of hydrogen-bond donors (Lipinski definition) is 1. The lowest BCUT2D eigenvalue weighted by molar-refractivity contribution is 0.0691. The third-order valence-corrected chi connectivity index (χ3v) is 6.67. The number of nitrogens with zero attached hydrogens (tertiary/aromatic N) is 2. The summed E-state index contributed by atoms with van der Waals surface area (Å²) < 4.78 is 32.8. The molecule has 0 amide bonds. The van der Waals surface area contributed by atoms with E-state index in [1.807, 2.05) is 13.0 Å². The van der Waals surface area contributed by atoms with E-state index < -0.39 is 5.97 Å². The van der Waals surface area contributed by atoms with Crippen LogP contribution in [0.4, 0.5) is 4.39 Å². The van der Waals surface area contributed by atoms with Crippen molar-refractivity contribution in [1.82, 2.24) is 9.47 Å². The lowest BCUT2D eigenvalue weighted by Crippen LogP contribution is -2.35. The Hall–Kier alpha value is -3.10. The van der Waals surface area contributed by atoms with Crippen LogP contribution < -0.4 is 9.47 Å². The minimum atomic E-state index is -1.03. The van der Waals surface area contributed by atoms with E-state index in [-0.39, 0.29) is 11.4 Å². The molecule has 0 bridgehead atoms. The van der Waals surface area contributed by atoms with Crippen LogP contribution in [0.25, 0.3) is 10.9 Å². The molecule has 0 atom stereocenters. The second-order valence-corrected chi connectivity index (χ2v) is 8.77. The fraction of sp³-hybridized carbons (Fsp3) is 0.444. The molecule has 8 heteroatoms. The molecule has 35 heavy (non-hydrogen) atoms. The number of aromatic carboxylic acids is 1. The summed E-state index contributed by atoms with van der Waals surface area (Å²) in [7, 11) is 1.54. The molecule has 0 spiro atoms. The van der Waals surface area contributed by atoms with Crippen LogP contribution in [-0.2, 0) is 11.3 Å². The summed E-state index contributed by atoms with van der Waals surface area (Å²) in [4.78, 5) is 13.8. The SMILES string of the molecule is CCOCCn1cc(C2CCN(CCOc3cc(OC)ccc3C(=O)O)CC2)c2cc(F)ccc21. The maximum absolute atomic E-state index is 14.1. The van der Waals surface area contributed by atoms with Crippen molar-refractivity contribution in [2.75, 3.05) is 46.6 Å². The van der Waals surface area contributed by atoms with Crippen molar-refractivity contribution >= 4 is 16.9 Å². The Morgan fingerprint density at radius 2 is 1.91 bits per heavy atom. The average molecular weight is 485 g/mol. The number of fused-ring (bicyclic) bond motifs is 1. The van der Waals surface area contributed by atoms with Crippen LogP contribution >= 0.6 is 0 Å². The maximum atomic E-state index is 14.1. The molecule has 4 rings (SSSR count). The van der Waals surface area contributed by atoms with Crippen molar-refractivity contribution in [3.8, 4) is 11.5 Å². The van der Waals surface area contributed by atoms with Crippen LogP contribution in [0.2, 0.25) is 0 Å². The standard InChI is InChI=1S/C27H33FN2O5/c1-3-34-14-13-30-18-24(23-16-20(28)4-7-25(23)30)19-8-10-29(11-9-19)12-15-35-26-17-21(33-2)5-6-22(26)27(31)32/h4-7,16-19H,3,8-15H2,1-2H3,(H,31,32). The van der Waals surface area contributed by atoms with Crippen LogP contribution in [-0.4, -0.2) is 67.1 Å². The zero-order valence-electron chi connectivity index (χ0n) is 20.3. The number of piperidine rings is 1. The number of rotatable bonds is 11. The summed E-state index contributed by atoms with van der Waals surface area (Å²) in [5.74, 6) is -0.00686. The van der Waals surface area contributed by atoms with Crippen molar-refractivity contribution < 1.29 is 28.5 Å². The predicted molar refractivity (Wildman–Crippen MR) is 132 cm³/mol. The van der Waals surface area contributed by atoms with Gasteiger partial charge in [0.15, 0.2) is 0 Å². The lowest BCUT2D eigenvalue weighted by Gasteiger charge is -2.31. The number of carboxylic acid groups (broad SMARTS) is 1. The maximum Gasteiger partial charge on any atom is 0.339 e. The first-order valence-electron chi connectivity index (χ1n) is 12.1. The number of hydrogen-bond acceptors (Lipinski definition) is 5. The highest BCUT2D eigenvalue weighted by Gasteiger charge is 2.24. The first-order valence-corrected chi connectivity index (χ1v) is 12.1. The number of carboxylic acids is 1. The number of carbonyl (C=O) groups is 1. The molecule has 0 unspecified atom stereocenters. The second-order valence-electron chi connectivity index (χ2n) is 8.77. The molecule has 1 aliphatic rings. The summed E-state index contributed by atoms with van der Waals surface area (Å²) in [6, 6.07) is 9.74. The highest BCUT2D eigenvalue weighted by atomic mass is 19.1. The summed E-state index contributed by atoms with van der Waals surface area (Å²) in [6.45, 7) is 6.93. The normalized spacial score (nSPS) is 14.9. The zero-order valence-corrected chi connectivity index (χ0v) is 20.3. The van der Waals surface area contributed by atoms with E-state index in [0.717, 1.165) is 43.4 Å². The molecule has 7 nitrogen and oxygen atoms in total.